The monoisotopic (exact) mass is 463 g/mol. The zero-order valence-electron chi connectivity index (χ0n) is 15.8. The van der Waals surface area contributed by atoms with Crippen LogP contribution in [0.5, 0.6) is 0 Å². The third-order valence-corrected chi connectivity index (χ3v) is 6.57. The van der Waals surface area contributed by atoms with E-state index >= 15 is 0 Å². The van der Waals surface area contributed by atoms with Crippen LogP contribution in [0.25, 0.3) is 0 Å². The second-order valence-electron chi connectivity index (χ2n) is 6.49. The van der Waals surface area contributed by atoms with Crippen LogP contribution in [0.2, 0.25) is 10.0 Å². The van der Waals surface area contributed by atoms with Crippen LogP contribution in [0.15, 0.2) is 78.0 Å². The van der Waals surface area contributed by atoms with Gasteiger partial charge in [0, 0.05) is 35.5 Å². The van der Waals surface area contributed by atoms with E-state index in [1.54, 1.807) is 42.7 Å². The molecule has 3 aromatic rings. The first kappa shape index (κ1) is 22.2. The molecule has 0 aliphatic carbocycles. The van der Waals surface area contributed by atoms with Gasteiger partial charge in [-0.3, -0.25) is 9.78 Å². The maximum Gasteiger partial charge on any atom is 0.243 e. The van der Waals surface area contributed by atoms with E-state index in [2.05, 4.69) is 10.3 Å². The summed E-state index contributed by atoms with van der Waals surface area (Å²) >= 11 is 11.8. The summed E-state index contributed by atoms with van der Waals surface area (Å²) in [7, 11) is -3.94. The van der Waals surface area contributed by atoms with Crippen molar-refractivity contribution in [2.24, 2.45) is 0 Å². The number of aromatic nitrogens is 1. The molecule has 0 saturated carbocycles. The van der Waals surface area contributed by atoms with Crippen molar-refractivity contribution in [2.45, 2.75) is 18.0 Å². The lowest BCUT2D eigenvalue weighted by atomic mass is 10.2. The summed E-state index contributed by atoms with van der Waals surface area (Å²) in [4.78, 5) is 16.6. The van der Waals surface area contributed by atoms with Crippen molar-refractivity contribution >= 4 is 39.1 Å². The first-order valence-electron chi connectivity index (χ1n) is 9.00. The molecule has 156 valence electrons. The van der Waals surface area contributed by atoms with Gasteiger partial charge in [0.05, 0.1) is 11.4 Å². The minimum absolute atomic E-state index is 0.0163. The quantitative estimate of drug-likeness (QED) is 0.549. The maximum atomic E-state index is 13.2. The maximum absolute atomic E-state index is 13.2. The number of nitrogens with one attached hydrogen (secondary N) is 1. The van der Waals surface area contributed by atoms with E-state index in [-0.39, 0.29) is 24.5 Å². The fourth-order valence-electron chi connectivity index (χ4n) is 2.69. The SMILES string of the molecule is O=C(CN(Cc1ccc(Cl)cc1)S(=O)(=O)c1ccc(Cl)cc1)NCc1cccnc1. The molecule has 0 fully saturated rings. The largest absolute Gasteiger partial charge is 0.351 e. The standard InChI is InChI=1S/C21H19Cl2N3O3S/c22-18-5-3-16(4-6-18)14-26(30(28,29)20-9-7-19(23)8-10-20)15-21(27)25-13-17-2-1-11-24-12-17/h1-12H,13-15H2,(H,25,27). The average molecular weight is 464 g/mol. The lowest BCUT2D eigenvalue weighted by Gasteiger charge is -2.22. The molecular formula is C21H19Cl2N3O3S. The Hall–Kier alpha value is -2.45. The van der Waals surface area contributed by atoms with Gasteiger partial charge < -0.3 is 5.32 Å². The predicted octanol–water partition coefficient (Wildman–Crippen LogP) is 3.90. The van der Waals surface area contributed by atoms with Gasteiger partial charge in [-0.2, -0.15) is 4.31 Å². The van der Waals surface area contributed by atoms with Gasteiger partial charge in [0.25, 0.3) is 0 Å². The van der Waals surface area contributed by atoms with Crippen LogP contribution in [-0.4, -0.2) is 30.2 Å². The van der Waals surface area contributed by atoms with Crippen LogP contribution in [0.1, 0.15) is 11.1 Å². The molecule has 2 aromatic carbocycles. The van der Waals surface area contributed by atoms with Crippen LogP contribution in [-0.2, 0) is 27.9 Å². The molecule has 0 atom stereocenters. The number of amides is 1. The number of benzene rings is 2. The summed E-state index contributed by atoms with van der Waals surface area (Å²) in [6.45, 7) is -0.0707. The summed E-state index contributed by atoms with van der Waals surface area (Å²) in [6.07, 6.45) is 3.27. The smallest absolute Gasteiger partial charge is 0.243 e. The van der Waals surface area contributed by atoms with E-state index in [1.165, 1.54) is 24.3 Å². The Balaban J connectivity index is 1.80. The minimum atomic E-state index is -3.94. The van der Waals surface area contributed by atoms with Crippen LogP contribution < -0.4 is 5.32 Å². The summed E-state index contributed by atoms with van der Waals surface area (Å²) in [5.41, 5.74) is 1.52. The molecule has 0 saturated heterocycles. The molecule has 9 heteroatoms. The Labute approximate surface area is 185 Å². The van der Waals surface area contributed by atoms with Crippen LogP contribution in [0.4, 0.5) is 0 Å². The number of carbonyl (C=O) groups is 1. The number of carbonyl (C=O) groups excluding carboxylic acids is 1. The van der Waals surface area contributed by atoms with Crippen molar-refractivity contribution in [2.75, 3.05) is 6.54 Å². The second kappa shape index (κ2) is 10.0. The molecule has 30 heavy (non-hydrogen) atoms. The highest BCUT2D eigenvalue weighted by Crippen LogP contribution is 2.21. The highest BCUT2D eigenvalue weighted by atomic mass is 35.5. The molecule has 1 aromatic heterocycles. The van der Waals surface area contributed by atoms with Gasteiger partial charge in [-0.25, -0.2) is 8.42 Å². The molecule has 1 N–H and O–H groups in total. The van der Waals surface area contributed by atoms with E-state index < -0.39 is 15.9 Å². The molecule has 1 amide bonds. The molecule has 0 spiro atoms. The average Bonchev–Trinajstić information content (AvgIpc) is 2.74. The Morgan fingerprint density at radius 1 is 0.933 bits per heavy atom. The van der Waals surface area contributed by atoms with Gasteiger partial charge in [0.2, 0.25) is 15.9 Å². The number of pyridine rings is 1. The van der Waals surface area contributed by atoms with Crippen LogP contribution >= 0.6 is 23.2 Å². The third-order valence-electron chi connectivity index (χ3n) is 4.26. The highest BCUT2D eigenvalue weighted by molar-refractivity contribution is 7.89. The zero-order chi connectivity index (χ0) is 21.6. The third kappa shape index (κ3) is 6.03. The topological polar surface area (TPSA) is 79.4 Å². The van der Waals surface area contributed by atoms with Crippen LogP contribution in [0.3, 0.4) is 0 Å². The molecule has 3 rings (SSSR count). The van der Waals surface area contributed by atoms with E-state index in [4.69, 9.17) is 23.2 Å². The number of hydrogen-bond donors (Lipinski definition) is 1. The number of halogens is 2. The van der Waals surface area contributed by atoms with E-state index in [9.17, 15) is 13.2 Å². The molecule has 0 aliphatic heterocycles. The Morgan fingerprint density at radius 3 is 2.17 bits per heavy atom. The zero-order valence-corrected chi connectivity index (χ0v) is 18.2. The Morgan fingerprint density at radius 2 is 1.57 bits per heavy atom. The lowest BCUT2D eigenvalue weighted by molar-refractivity contribution is -0.121. The Kier molecular flexibility index (Phi) is 7.44. The van der Waals surface area contributed by atoms with Crippen molar-refractivity contribution < 1.29 is 13.2 Å². The number of nitrogens with zero attached hydrogens (tertiary/aromatic N) is 2. The van der Waals surface area contributed by atoms with Crippen molar-refractivity contribution in [3.05, 3.63) is 94.2 Å². The number of rotatable bonds is 8. The summed E-state index contributed by atoms with van der Waals surface area (Å²) in [5.74, 6) is -0.426. The van der Waals surface area contributed by atoms with Gasteiger partial charge in [0.15, 0.2) is 0 Å². The van der Waals surface area contributed by atoms with E-state index in [1.807, 2.05) is 6.07 Å². The fraction of sp³-hybridized carbons (Fsp3) is 0.143. The van der Waals surface area contributed by atoms with Gasteiger partial charge in [0.1, 0.15) is 0 Å². The van der Waals surface area contributed by atoms with Gasteiger partial charge in [-0.15, -0.1) is 0 Å². The van der Waals surface area contributed by atoms with Crippen molar-refractivity contribution in [1.29, 1.82) is 0 Å². The van der Waals surface area contributed by atoms with Gasteiger partial charge in [-0.05, 0) is 53.6 Å². The second-order valence-corrected chi connectivity index (χ2v) is 9.30. The molecule has 0 unspecified atom stereocenters. The lowest BCUT2D eigenvalue weighted by Crippen LogP contribution is -2.40. The minimum Gasteiger partial charge on any atom is -0.351 e. The molecule has 0 aliphatic rings. The fourth-order valence-corrected chi connectivity index (χ4v) is 4.33. The number of sulfonamides is 1. The van der Waals surface area contributed by atoms with Gasteiger partial charge >= 0.3 is 0 Å². The Bertz CT molecular complexity index is 1090. The van der Waals surface area contributed by atoms with E-state index in [0.717, 1.165) is 9.87 Å². The van der Waals surface area contributed by atoms with E-state index in [0.29, 0.717) is 15.6 Å². The first-order valence-corrected chi connectivity index (χ1v) is 11.2. The van der Waals surface area contributed by atoms with Crippen molar-refractivity contribution in [1.82, 2.24) is 14.6 Å². The predicted molar refractivity (Wildman–Crippen MR) is 117 cm³/mol. The van der Waals surface area contributed by atoms with Crippen molar-refractivity contribution in [3.63, 3.8) is 0 Å². The summed E-state index contributed by atoms with van der Waals surface area (Å²) < 4.78 is 27.5. The van der Waals surface area contributed by atoms with Gasteiger partial charge in [-0.1, -0.05) is 41.4 Å². The normalized spacial score (nSPS) is 11.4. The molecule has 1 heterocycles. The summed E-state index contributed by atoms with van der Waals surface area (Å²) in [5, 5.41) is 3.69. The molecule has 0 radical (unpaired) electrons. The highest BCUT2D eigenvalue weighted by Gasteiger charge is 2.27. The summed E-state index contributed by atoms with van der Waals surface area (Å²) in [6, 6.07) is 16.2. The molecular weight excluding hydrogens is 445 g/mol. The first-order chi connectivity index (χ1) is 14.3. The van der Waals surface area contributed by atoms with Crippen molar-refractivity contribution in [3.8, 4) is 0 Å². The molecule has 0 bridgehead atoms. The molecule has 6 nitrogen and oxygen atoms in total. The number of hydrogen-bond acceptors (Lipinski definition) is 4. The van der Waals surface area contributed by atoms with Crippen LogP contribution in [0, 0.1) is 0 Å².